The first kappa shape index (κ1) is 17.5. The van der Waals surface area contributed by atoms with Gasteiger partial charge in [-0.15, -0.1) is 0 Å². The molecular formula is C23H27NO. The Morgan fingerprint density at radius 3 is 2.44 bits per heavy atom. The van der Waals surface area contributed by atoms with Crippen molar-refractivity contribution in [2.24, 2.45) is 0 Å². The zero-order valence-electron chi connectivity index (χ0n) is 15.5. The number of hydrogen-bond acceptors (Lipinski definition) is 1. The molecule has 0 aliphatic rings. The van der Waals surface area contributed by atoms with E-state index in [-0.39, 0.29) is 5.56 Å². The topological polar surface area (TPSA) is 22.0 Å². The van der Waals surface area contributed by atoms with Gasteiger partial charge in [0.15, 0.2) is 0 Å². The Morgan fingerprint density at radius 1 is 0.880 bits per heavy atom. The SMILES string of the molecule is CCCCCCc1cc(=O)n(-c2cccc(C)c2)c2cc(C)ccc12. The van der Waals surface area contributed by atoms with E-state index in [1.54, 1.807) is 0 Å². The second-order valence-corrected chi connectivity index (χ2v) is 7.01. The molecule has 0 N–H and O–H groups in total. The van der Waals surface area contributed by atoms with Crippen molar-refractivity contribution >= 4 is 10.9 Å². The van der Waals surface area contributed by atoms with Crippen LogP contribution in [0, 0.1) is 13.8 Å². The Morgan fingerprint density at radius 2 is 1.68 bits per heavy atom. The third-order valence-electron chi connectivity index (χ3n) is 4.82. The van der Waals surface area contributed by atoms with Crippen molar-refractivity contribution in [2.45, 2.75) is 52.9 Å². The molecule has 2 aromatic carbocycles. The maximum absolute atomic E-state index is 12.9. The summed E-state index contributed by atoms with van der Waals surface area (Å²) in [5.41, 5.74) is 5.54. The van der Waals surface area contributed by atoms with Crippen molar-refractivity contribution in [2.75, 3.05) is 0 Å². The zero-order valence-corrected chi connectivity index (χ0v) is 15.5. The van der Waals surface area contributed by atoms with E-state index >= 15 is 0 Å². The van der Waals surface area contributed by atoms with Gasteiger partial charge in [0.1, 0.15) is 0 Å². The number of aromatic nitrogens is 1. The van der Waals surface area contributed by atoms with E-state index in [4.69, 9.17) is 0 Å². The number of pyridine rings is 1. The molecule has 2 heteroatoms. The van der Waals surface area contributed by atoms with E-state index in [0.29, 0.717) is 0 Å². The highest BCUT2D eigenvalue weighted by molar-refractivity contribution is 5.84. The van der Waals surface area contributed by atoms with Gasteiger partial charge in [-0.2, -0.15) is 0 Å². The molecule has 0 saturated carbocycles. The zero-order chi connectivity index (χ0) is 17.8. The molecule has 0 bridgehead atoms. The molecule has 0 saturated heterocycles. The number of benzene rings is 2. The van der Waals surface area contributed by atoms with Crippen LogP contribution in [0.3, 0.4) is 0 Å². The van der Waals surface area contributed by atoms with Gasteiger partial charge in [0.05, 0.1) is 5.52 Å². The summed E-state index contributed by atoms with van der Waals surface area (Å²) >= 11 is 0. The molecule has 0 radical (unpaired) electrons. The van der Waals surface area contributed by atoms with Crippen molar-refractivity contribution in [1.29, 1.82) is 0 Å². The highest BCUT2D eigenvalue weighted by Crippen LogP contribution is 2.23. The lowest BCUT2D eigenvalue weighted by molar-refractivity contribution is 0.667. The Hall–Kier alpha value is -2.35. The van der Waals surface area contributed by atoms with E-state index in [0.717, 1.165) is 29.6 Å². The Kier molecular flexibility index (Phi) is 5.37. The monoisotopic (exact) mass is 333 g/mol. The van der Waals surface area contributed by atoms with Gasteiger partial charge in [0, 0.05) is 17.1 Å². The van der Waals surface area contributed by atoms with Crippen molar-refractivity contribution in [1.82, 2.24) is 4.57 Å². The lowest BCUT2D eigenvalue weighted by Gasteiger charge is -2.15. The first-order valence-corrected chi connectivity index (χ1v) is 9.32. The molecule has 0 aliphatic heterocycles. The summed E-state index contributed by atoms with van der Waals surface area (Å²) in [4.78, 5) is 12.9. The van der Waals surface area contributed by atoms with Crippen molar-refractivity contribution in [3.8, 4) is 5.69 Å². The summed E-state index contributed by atoms with van der Waals surface area (Å²) < 4.78 is 1.85. The summed E-state index contributed by atoms with van der Waals surface area (Å²) in [6, 6.07) is 16.4. The predicted molar refractivity (Wildman–Crippen MR) is 107 cm³/mol. The highest BCUT2D eigenvalue weighted by Gasteiger charge is 2.11. The van der Waals surface area contributed by atoms with Gasteiger partial charge < -0.3 is 0 Å². The van der Waals surface area contributed by atoms with Crippen LogP contribution in [0.4, 0.5) is 0 Å². The summed E-state index contributed by atoms with van der Waals surface area (Å²) in [6.07, 6.45) is 5.84. The molecule has 0 amide bonds. The summed E-state index contributed by atoms with van der Waals surface area (Å²) in [7, 11) is 0. The quantitative estimate of drug-likeness (QED) is 0.528. The average Bonchev–Trinajstić information content (AvgIpc) is 2.58. The summed E-state index contributed by atoms with van der Waals surface area (Å²) in [5, 5.41) is 1.20. The number of unbranched alkanes of at least 4 members (excludes halogenated alkanes) is 3. The van der Waals surface area contributed by atoms with Crippen LogP contribution in [0.2, 0.25) is 0 Å². The lowest BCUT2D eigenvalue weighted by Crippen LogP contribution is -2.19. The third kappa shape index (κ3) is 3.84. The van der Waals surface area contributed by atoms with Crippen LogP contribution in [0.5, 0.6) is 0 Å². The fourth-order valence-electron chi connectivity index (χ4n) is 3.49. The highest BCUT2D eigenvalue weighted by atomic mass is 16.1. The molecule has 2 nitrogen and oxygen atoms in total. The fourth-order valence-corrected chi connectivity index (χ4v) is 3.49. The van der Waals surface area contributed by atoms with E-state index in [9.17, 15) is 4.79 Å². The first-order valence-electron chi connectivity index (χ1n) is 9.32. The Balaban J connectivity index is 2.14. The van der Waals surface area contributed by atoms with Crippen molar-refractivity contribution in [3.05, 3.63) is 75.6 Å². The normalized spacial score (nSPS) is 11.2. The molecule has 0 spiro atoms. The van der Waals surface area contributed by atoms with Gasteiger partial charge in [-0.3, -0.25) is 9.36 Å². The van der Waals surface area contributed by atoms with E-state index in [1.165, 1.54) is 35.8 Å². The Bertz CT molecular complexity index is 936. The van der Waals surface area contributed by atoms with Gasteiger partial charge in [0.2, 0.25) is 0 Å². The molecule has 130 valence electrons. The second kappa shape index (κ2) is 7.69. The summed E-state index contributed by atoms with van der Waals surface area (Å²) in [6.45, 7) is 6.36. The maximum atomic E-state index is 12.9. The average molecular weight is 333 g/mol. The standard InChI is InChI=1S/C23H27NO/c1-4-5-6-7-10-19-16-23(25)24(20-11-8-9-17(2)14-20)22-15-18(3)12-13-21(19)22/h8-9,11-16H,4-7,10H2,1-3H3. The number of fused-ring (bicyclic) bond motifs is 1. The number of rotatable bonds is 6. The van der Waals surface area contributed by atoms with Gasteiger partial charge >= 0.3 is 0 Å². The smallest absolute Gasteiger partial charge is 0.255 e. The molecule has 0 unspecified atom stereocenters. The van der Waals surface area contributed by atoms with Gasteiger partial charge in [0.25, 0.3) is 5.56 Å². The minimum atomic E-state index is 0.0641. The van der Waals surface area contributed by atoms with Crippen LogP contribution < -0.4 is 5.56 Å². The molecule has 3 aromatic rings. The van der Waals surface area contributed by atoms with Gasteiger partial charge in [-0.05, 0) is 61.6 Å². The molecule has 0 fully saturated rings. The first-order chi connectivity index (χ1) is 12.1. The van der Waals surface area contributed by atoms with Crippen LogP contribution in [0.25, 0.3) is 16.6 Å². The molecule has 1 aromatic heterocycles. The third-order valence-corrected chi connectivity index (χ3v) is 4.82. The van der Waals surface area contributed by atoms with Crippen molar-refractivity contribution < 1.29 is 0 Å². The maximum Gasteiger partial charge on any atom is 0.255 e. The van der Waals surface area contributed by atoms with E-state index < -0.39 is 0 Å². The molecule has 25 heavy (non-hydrogen) atoms. The number of nitrogens with zero attached hydrogens (tertiary/aromatic N) is 1. The summed E-state index contributed by atoms with van der Waals surface area (Å²) in [5.74, 6) is 0. The molecule has 0 aliphatic carbocycles. The predicted octanol–water partition coefficient (Wildman–Crippen LogP) is 5.73. The van der Waals surface area contributed by atoms with E-state index in [1.807, 2.05) is 22.8 Å². The molecule has 0 atom stereocenters. The molecule has 3 rings (SSSR count). The molecule has 1 heterocycles. The van der Waals surface area contributed by atoms with Crippen LogP contribution in [-0.4, -0.2) is 4.57 Å². The van der Waals surface area contributed by atoms with Gasteiger partial charge in [-0.1, -0.05) is 50.5 Å². The largest absolute Gasteiger partial charge is 0.277 e. The van der Waals surface area contributed by atoms with Crippen LogP contribution >= 0.6 is 0 Å². The Labute approximate surface area is 150 Å². The second-order valence-electron chi connectivity index (χ2n) is 7.01. The van der Waals surface area contributed by atoms with Crippen LogP contribution in [0.1, 0.15) is 49.3 Å². The minimum absolute atomic E-state index is 0.0641. The number of aryl methyl sites for hydroxylation is 3. The van der Waals surface area contributed by atoms with Crippen LogP contribution in [-0.2, 0) is 6.42 Å². The number of hydrogen-bond donors (Lipinski definition) is 0. The van der Waals surface area contributed by atoms with Crippen LogP contribution in [0.15, 0.2) is 53.3 Å². The minimum Gasteiger partial charge on any atom is -0.277 e. The fraction of sp³-hybridized carbons (Fsp3) is 0.348. The van der Waals surface area contributed by atoms with Crippen molar-refractivity contribution in [3.63, 3.8) is 0 Å². The lowest BCUT2D eigenvalue weighted by atomic mass is 10.0. The van der Waals surface area contributed by atoms with Gasteiger partial charge in [-0.25, -0.2) is 0 Å². The molecular weight excluding hydrogens is 306 g/mol. The van der Waals surface area contributed by atoms with E-state index in [2.05, 4.69) is 51.1 Å².